The molecule has 0 bridgehead atoms. The van der Waals surface area contributed by atoms with E-state index < -0.39 is 40.8 Å². The molecule has 5 nitrogen and oxygen atoms in total. The molecule has 1 aromatic carbocycles. The summed E-state index contributed by atoms with van der Waals surface area (Å²) in [7, 11) is -2.73. The number of esters is 1. The summed E-state index contributed by atoms with van der Waals surface area (Å²) < 4.78 is 65.8. The Hall–Kier alpha value is -1.77. The zero-order valence-electron chi connectivity index (χ0n) is 11.1. The van der Waals surface area contributed by atoms with Crippen LogP contribution in [-0.4, -0.2) is 33.4 Å². The van der Waals surface area contributed by atoms with Crippen LogP contribution in [0.1, 0.15) is 23.2 Å². The standard InChI is InChI=1S/C12H14F3NO4S/c1-20-11(17)9-4-2-5-10(8-9)16-21(18,19)7-3-6-12(13,14)15/h2,4-5,8,16H,3,6-7H2,1H3. The molecular weight excluding hydrogens is 311 g/mol. The van der Waals surface area contributed by atoms with Crippen LogP contribution in [0.25, 0.3) is 0 Å². The Labute approximate surface area is 120 Å². The van der Waals surface area contributed by atoms with Crippen LogP contribution in [-0.2, 0) is 14.8 Å². The zero-order valence-corrected chi connectivity index (χ0v) is 11.9. The van der Waals surface area contributed by atoms with Crippen molar-refractivity contribution in [1.82, 2.24) is 0 Å². The quantitative estimate of drug-likeness (QED) is 0.816. The van der Waals surface area contributed by atoms with Gasteiger partial charge in [-0.3, -0.25) is 4.72 Å². The molecule has 118 valence electrons. The minimum Gasteiger partial charge on any atom is -0.465 e. The summed E-state index contributed by atoms with van der Waals surface area (Å²) in [5.41, 5.74) is 0.220. The number of hydrogen-bond acceptors (Lipinski definition) is 4. The molecule has 0 aliphatic rings. The maximum absolute atomic E-state index is 12.0. The number of rotatable bonds is 6. The number of anilines is 1. The molecular formula is C12H14F3NO4S. The van der Waals surface area contributed by atoms with Crippen LogP contribution in [0.2, 0.25) is 0 Å². The number of methoxy groups -OCH3 is 1. The third-order valence-electron chi connectivity index (χ3n) is 2.43. The number of ether oxygens (including phenoxy) is 1. The van der Waals surface area contributed by atoms with Crippen LogP contribution < -0.4 is 4.72 Å². The van der Waals surface area contributed by atoms with Crippen molar-refractivity contribution in [2.24, 2.45) is 0 Å². The van der Waals surface area contributed by atoms with Crippen molar-refractivity contribution in [1.29, 1.82) is 0 Å². The number of sulfonamides is 1. The van der Waals surface area contributed by atoms with Gasteiger partial charge in [-0.15, -0.1) is 0 Å². The first kappa shape index (κ1) is 17.3. The number of halogens is 3. The lowest BCUT2D eigenvalue weighted by Crippen LogP contribution is -2.19. The van der Waals surface area contributed by atoms with Gasteiger partial charge in [-0.05, 0) is 24.6 Å². The number of carbonyl (C=O) groups excluding carboxylic acids is 1. The molecule has 1 aromatic rings. The number of alkyl halides is 3. The summed E-state index contributed by atoms with van der Waals surface area (Å²) in [6.07, 6.45) is -6.09. The van der Waals surface area contributed by atoms with Crippen molar-refractivity contribution in [2.75, 3.05) is 17.6 Å². The average Bonchev–Trinajstić information content (AvgIpc) is 2.35. The molecule has 0 unspecified atom stereocenters. The topological polar surface area (TPSA) is 72.5 Å². The Morgan fingerprint density at radius 3 is 2.57 bits per heavy atom. The van der Waals surface area contributed by atoms with Gasteiger partial charge in [0.1, 0.15) is 0 Å². The molecule has 1 rings (SSSR count). The molecule has 0 spiro atoms. The highest BCUT2D eigenvalue weighted by molar-refractivity contribution is 7.92. The fourth-order valence-electron chi connectivity index (χ4n) is 1.52. The molecule has 0 heterocycles. The summed E-state index contributed by atoms with van der Waals surface area (Å²) in [6.45, 7) is 0. The Kier molecular flexibility index (Phi) is 5.59. The van der Waals surface area contributed by atoms with Crippen molar-refractivity contribution in [3.8, 4) is 0 Å². The second kappa shape index (κ2) is 6.79. The summed E-state index contributed by atoms with van der Waals surface area (Å²) >= 11 is 0. The highest BCUT2D eigenvalue weighted by atomic mass is 32.2. The lowest BCUT2D eigenvalue weighted by atomic mass is 10.2. The van der Waals surface area contributed by atoms with E-state index in [9.17, 15) is 26.4 Å². The second-order valence-corrected chi connectivity index (χ2v) is 6.05. The predicted molar refractivity (Wildman–Crippen MR) is 70.5 cm³/mol. The van der Waals surface area contributed by atoms with Gasteiger partial charge >= 0.3 is 12.1 Å². The third-order valence-corrected chi connectivity index (χ3v) is 3.80. The van der Waals surface area contributed by atoms with Crippen LogP contribution in [0.5, 0.6) is 0 Å². The third kappa shape index (κ3) is 6.48. The van der Waals surface area contributed by atoms with E-state index >= 15 is 0 Å². The highest BCUT2D eigenvalue weighted by Crippen LogP contribution is 2.22. The summed E-state index contributed by atoms with van der Waals surface area (Å²) in [6, 6.07) is 5.48. The first-order chi connectivity index (χ1) is 9.63. The fraction of sp³-hybridized carbons (Fsp3) is 0.417. The van der Waals surface area contributed by atoms with E-state index in [4.69, 9.17) is 0 Å². The summed E-state index contributed by atoms with van der Waals surface area (Å²) in [4.78, 5) is 11.3. The molecule has 1 N–H and O–H groups in total. The molecule has 0 saturated carbocycles. The Balaban J connectivity index is 2.69. The van der Waals surface area contributed by atoms with E-state index in [0.29, 0.717) is 0 Å². The van der Waals surface area contributed by atoms with E-state index in [0.717, 1.165) is 0 Å². The maximum Gasteiger partial charge on any atom is 0.389 e. The monoisotopic (exact) mass is 325 g/mol. The summed E-state index contributed by atoms with van der Waals surface area (Å²) in [5.74, 6) is -1.30. The minimum atomic E-state index is -4.39. The van der Waals surface area contributed by atoms with Crippen LogP contribution in [0, 0.1) is 0 Å². The van der Waals surface area contributed by atoms with E-state index in [1.54, 1.807) is 0 Å². The molecule has 0 atom stereocenters. The molecule has 0 aliphatic heterocycles. The molecule has 0 fully saturated rings. The van der Waals surface area contributed by atoms with Gasteiger partial charge in [0.15, 0.2) is 0 Å². The van der Waals surface area contributed by atoms with Crippen LogP contribution in [0.4, 0.5) is 18.9 Å². The molecule has 0 radical (unpaired) electrons. The molecule has 0 aliphatic carbocycles. The fourth-order valence-corrected chi connectivity index (χ4v) is 2.63. The van der Waals surface area contributed by atoms with Gasteiger partial charge in [-0.25, -0.2) is 13.2 Å². The second-order valence-electron chi connectivity index (χ2n) is 4.21. The largest absolute Gasteiger partial charge is 0.465 e. The number of carbonyl (C=O) groups is 1. The van der Waals surface area contributed by atoms with E-state index in [1.165, 1.54) is 31.4 Å². The molecule has 0 aromatic heterocycles. The van der Waals surface area contributed by atoms with Gasteiger partial charge < -0.3 is 4.74 Å². The van der Waals surface area contributed by atoms with Crippen molar-refractivity contribution in [3.05, 3.63) is 29.8 Å². The van der Waals surface area contributed by atoms with E-state index in [1.807, 2.05) is 0 Å². The number of benzene rings is 1. The van der Waals surface area contributed by atoms with Gasteiger partial charge in [0.05, 0.1) is 18.4 Å². The Morgan fingerprint density at radius 1 is 1.33 bits per heavy atom. The van der Waals surface area contributed by atoms with Crippen molar-refractivity contribution in [3.63, 3.8) is 0 Å². The van der Waals surface area contributed by atoms with Gasteiger partial charge in [0.2, 0.25) is 10.0 Å². The number of nitrogens with one attached hydrogen (secondary N) is 1. The smallest absolute Gasteiger partial charge is 0.389 e. The first-order valence-electron chi connectivity index (χ1n) is 5.88. The Bertz CT molecular complexity index is 599. The SMILES string of the molecule is COC(=O)c1cccc(NS(=O)(=O)CCCC(F)(F)F)c1. The molecule has 0 saturated heterocycles. The van der Waals surface area contributed by atoms with Gasteiger partial charge in [0.25, 0.3) is 0 Å². The van der Waals surface area contributed by atoms with Gasteiger partial charge in [-0.2, -0.15) is 13.2 Å². The number of hydrogen-bond donors (Lipinski definition) is 1. The van der Waals surface area contributed by atoms with E-state index in [-0.39, 0.29) is 11.3 Å². The van der Waals surface area contributed by atoms with Gasteiger partial charge in [0, 0.05) is 12.1 Å². The molecule has 21 heavy (non-hydrogen) atoms. The minimum absolute atomic E-state index is 0.0879. The van der Waals surface area contributed by atoms with Crippen LogP contribution in [0.3, 0.4) is 0 Å². The Morgan fingerprint density at radius 2 is 2.00 bits per heavy atom. The normalized spacial score (nSPS) is 12.0. The van der Waals surface area contributed by atoms with Crippen LogP contribution >= 0.6 is 0 Å². The molecule has 0 amide bonds. The first-order valence-corrected chi connectivity index (χ1v) is 7.54. The lowest BCUT2D eigenvalue weighted by molar-refractivity contribution is -0.134. The van der Waals surface area contributed by atoms with Crippen molar-refractivity contribution >= 4 is 21.7 Å². The maximum atomic E-state index is 12.0. The molecule has 9 heteroatoms. The predicted octanol–water partition coefficient (Wildman–Crippen LogP) is 2.56. The lowest BCUT2D eigenvalue weighted by Gasteiger charge is -2.10. The van der Waals surface area contributed by atoms with Crippen molar-refractivity contribution in [2.45, 2.75) is 19.0 Å². The average molecular weight is 325 g/mol. The highest BCUT2D eigenvalue weighted by Gasteiger charge is 2.27. The summed E-state index contributed by atoms with van der Waals surface area (Å²) in [5, 5.41) is 0. The zero-order chi connectivity index (χ0) is 16.1. The van der Waals surface area contributed by atoms with E-state index in [2.05, 4.69) is 9.46 Å². The van der Waals surface area contributed by atoms with Crippen molar-refractivity contribution < 1.29 is 31.1 Å². The van der Waals surface area contributed by atoms with Gasteiger partial charge in [-0.1, -0.05) is 6.07 Å². The van der Waals surface area contributed by atoms with Crippen LogP contribution in [0.15, 0.2) is 24.3 Å².